The number of esters is 2. The van der Waals surface area contributed by atoms with Gasteiger partial charge >= 0.3 is 18.0 Å². The molecule has 3 aromatic carbocycles. The number of fused-ring (bicyclic) bond motifs is 1. The van der Waals surface area contributed by atoms with Crippen LogP contribution in [0.15, 0.2) is 102 Å². The average Bonchev–Trinajstić information content (AvgIpc) is 3.10. The van der Waals surface area contributed by atoms with Gasteiger partial charge in [-0.15, -0.1) is 23.5 Å². The molecule has 3 aromatic rings. The fourth-order valence-electron chi connectivity index (χ4n) is 5.25. The molecule has 2 N–H and O–H groups in total. The Hall–Kier alpha value is -4.75. The highest BCUT2D eigenvalue weighted by Gasteiger charge is 2.55. The van der Waals surface area contributed by atoms with Gasteiger partial charge in [-0.25, -0.2) is 9.59 Å². The molecule has 256 valence electrons. The van der Waals surface area contributed by atoms with Crippen molar-refractivity contribution in [1.29, 1.82) is 0 Å². The van der Waals surface area contributed by atoms with Crippen LogP contribution in [-0.2, 0) is 33.4 Å². The van der Waals surface area contributed by atoms with Crippen LogP contribution in [0.5, 0.6) is 0 Å². The summed E-state index contributed by atoms with van der Waals surface area (Å²) in [5, 5.41) is 4.75. The van der Waals surface area contributed by atoms with E-state index in [1.807, 2.05) is 60.7 Å². The molecule has 0 bridgehead atoms. The zero-order valence-electron chi connectivity index (χ0n) is 27.4. The number of methoxy groups -OCH3 is 1. The summed E-state index contributed by atoms with van der Waals surface area (Å²) in [5.41, 5.74) is 1.17. The molecule has 3 atom stereocenters. The molecule has 49 heavy (non-hydrogen) atoms. The van der Waals surface area contributed by atoms with Crippen molar-refractivity contribution in [3.8, 4) is 0 Å². The van der Waals surface area contributed by atoms with Gasteiger partial charge in [0, 0.05) is 10.7 Å². The Morgan fingerprint density at radius 3 is 1.98 bits per heavy atom. The number of rotatable bonds is 11. The normalized spacial score (nSPS) is 17.7. The SMILES string of the molecule is COC(=O)CSC1=C(C(=O)OC(c2ccccc2)c2ccccc2)N2C(=O)[C@@H](NC(=O)C(NC(=O)OC(C)(C)C)c3ccccc3)[C@@H]2SC1. The van der Waals surface area contributed by atoms with E-state index in [1.165, 1.54) is 23.8 Å². The van der Waals surface area contributed by atoms with Crippen molar-refractivity contribution in [1.82, 2.24) is 15.5 Å². The maximum absolute atomic E-state index is 14.1. The monoisotopic (exact) mass is 703 g/mol. The van der Waals surface area contributed by atoms with E-state index in [4.69, 9.17) is 14.2 Å². The van der Waals surface area contributed by atoms with E-state index in [1.54, 1.807) is 51.1 Å². The number of amides is 3. The summed E-state index contributed by atoms with van der Waals surface area (Å²) >= 11 is 2.43. The van der Waals surface area contributed by atoms with Gasteiger partial charge in [0.15, 0.2) is 6.10 Å². The standard InChI is InChI=1S/C36H37N3O8S2/c1-36(2,3)47-35(44)38-27(22-14-8-5-9-15-22)31(41)37-28-32(42)39-29(25(20-49-33(28)39)48-21-26(40)45-4)34(43)46-30(23-16-10-6-11-17-23)24-18-12-7-13-19-24/h5-19,27-28,30,33H,20-21H2,1-4H3,(H,37,41)(H,38,44)/t27?,28-,33+/m1/s1. The van der Waals surface area contributed by atoms with Crippen molar-refractivity contribution >= 4 is 53.4 Å². The molecule has 13 heteroatoms. The van der Waals surface area contributed by atoms with Crippen molar-refractivity contribution < 1.29 is 38.2 Å². The van der Waals surface area contributed by atoms with Crippen LogP contribution in [-0.4, -0.2) is 70.4 Å². The Bertz CT molecular complexity index is 1670. The Morgan fingerprint density at radius 2 is 1.45 bits per heavy atom. The second-order valence-corrected chi connectivity index (χ2v) is 14.3. The number of nitrogens with zero attached hydrogens (tertiary/aromatic N) is 1. The van der Waals surface area contributed by atoms with Crippen molar-refractivity contribution in [2.75, 3.05) is 18.6 Å². The molecule has 1 fully saturated rings. The van der Waals surface area contributed by atoms with Crippen LogP contribution < -0.4 is 10.6 Å². The van der Waals surface area contributed by atoms with Crippen LogP contribution in [0.3, 0.4) is 0 Å². The molecule has 11 nitrogen and oxygen atoms in total. The Kier molecular flexibility index (Phi) is 11.4. The molecule has 0 aliphatic carbocycles. The van der Waals surface area contributed by atoms with E-state index >= 15 is 0 Å². The van der Waals surface area contributed by atoms with Gasteiger partial charge in [0.05, 0.1) is 12.9 Å². The zero-order chi connectivity index (χ0) is 35.1. The van der Waals surface area contributed by atoms with Crippen LogP contribution >= 0.6 is 23.5 Å². The van der Waals surface area contributed by atoms with E-state index in [0.29, 0.717) is 10.5 Å². The minimum Gasteiger partial charge on any atom is -0.468 e. The summed E-state index contributed by atoms with van der Waals surface area (Å²) in [6.07, 6.45) is -1.57. The largest absolute Gasteiger partial charge is 0.468 e. The van der Waals surface area contributed by atoms with Gasteiger partial charge in [-0.2, -0.15) is 0 Å². The summed E-state index contributed by atoms with van der Waals surface area (Å²) < 4.78 is 16.3. The van der Waals surface area contributed by atoms with Crippen LogP contribution in [0.25, 0.3) is 0 Å². The van der Waals surface area contributed by atoms with Crippen LogP contribution in [0, 0.1) is 0 Å². The molecule has 0 saturated carbocycles. The maximum atomic E-state index is 14.1. The van der Waals surface area contributed by atoms with Crippen LogP contribution in [0.2, 0.25) is 0 Å². The minimum atomic E-state index is -1.16. The van der Waals surface area contributed by atoms with E-state index in [-0.39, 0.29) is 17.2 Å². The smallest absolute Gasteiger partial charge is 0.408 e. The van der Waals surface area contributed by atoms with Crippen molar-refractivity contribution in [2.24, 2.45) is 0 Å². The zero-order valence-corrected chi connectivity index (χ0v) is 29.0. The summed E-state index contributed by atoms with van der Waals surface area (Å²) in [6, 6.07) is 24.9. The number of hydrogen-bond acceptors (Lipinski definition) is 10. The fourth-order valence-corrected chi connectivity index (χ4v) is 7.71. The lowest BCUT2D eigenvalue weighted by molar-refractivity contribution is -0.154. The lowest BCUT2D eigenvalue weighted by atomic mass is 10.0. The number of benzene rings is 3. The molecular weight excluding hydrogens is 667 g/mol. The third-order valence-corrected chi connectivity index (χ3v) is 10.0. The quantitative estimate of drug-likeness (QED) is 0.158. The number of thioether (sulfide) groups is 2. The Morgan fingerprint density at radius 1 is 0.898 bits per heavy atom. The summed E-state index contributed by atoms with van der Waals surface area (Å²) in [4.78, 5) is 68.2. The number of nitrogens with one attached hydrogen (secondary N) is 2. The molecule has 3 amide bonds. The molecule has 0 radical (unpaired) electrons. The highest BCUT2D eigenvalue weighted by Crippen LogP contribution is 2.44. The topological polar surface area (TPSA) is 140 Å². The van der Waals surface area contributed by atoms with Gasteiger partial charge in [-0.1, -0.05) is 91.0 Å². The number of carbonyl (C=O) groups is 5. The third-order valence-electron chi connectivity index (χ3n) is 7.50. The van der Waals surface area contributed by atoms with Crippen LogP contribution in [0.4, 0.5) is 4.79 Å². The first-order valence-electron chi connectivity index (χ1n) is 15.5. The van der Waals surface area contributed by atoms with Gasteiger partial charge in [0.1, 0.15) is 28.8 Å². The molecular formula is C36H37N3O8S2. The summed E-state index contributed by atoms with van der Waals surface area (Å²) in [5.74, 6) is -2.20. The molecule has 2 heterocycles. The maximum Gasteiger partial charge on any atom is 0.408 e. The molecule has 0 aromatic heterocycles. The lowest BCUT2D eigenvalue weighted by Gasteiger charge is -2.49. The Labute approximate surface area is 293 Å². The van der Waals surface area contributed by atoms with E-state index in [9.17, 15) is 24.0 Å². The van der Waals surface area contributed by atoms with Gasteiger partial charge in [-0.3, -0.25) is 19.3 Å². The minimum absolute atomic E-state index is 0.0107. The fraction of sp³-hybridized carbons (Fsp3) is 0.306. The summed E-state index contributed by atoms with van der Waals surface area (Å²) in [6.45, 7) is 5.13. The number of alkyl carbamates (subject to hydrolysis) is 1. The number of hydrogen-bond donors (Lipinski definition) is 2. The van der Waals surface area contributed by atoms with E-state index < -0.39 is 59.0 Å². The first-order chi connectivity index (χ1) is 23.5. The number of β-lactam (4-membered cyclic amide) rings is 1. The third kappa shape index (κ3) is 8.65. The molecule has 0 spiro atoms. The average molecular weight is 704 g/mol. The highest BCUT2D eigenvalue weighted by atomic mass is 32.2. The van der Waals surface area contributed by atoms with Gasteiger partial charge in [-0.05, 0) is 37.5 Å². The van der Waals surface area contributed by atoms with Gasteiger partial charge < -0.3 is 24.8 Å². The van der Waals surface area contributed by atoms with Gasteiger partial charge in [0.2, 0.25) is 5.91 Å². The molecule has 1 unspecified atom stereocenters. The van der Waals surface area contributed by atoms with Crippen LogP contribution in [0.1, 0.15) is 49.6 Å². The predicted octanol–water partition coefficient (Wildman–Crippen LogP) is 5.10. The predicted molar refractivity (Wildman–Crippen MR) is 186 cm³/mol. The van der Waals surface area contributed by atoms with Crippen molar-refractivity contribution in [3.63, 3.8) is 0 Å². The first-order valence-corrected chi connectivity index (χ1v) is 17.5. The number of ether oxygens (including phenoxy) is 3. The van der Waals surface area contributed by atoms with Gasteiger partial charge in [0.25, 0.3) is 5.91 Å². The molecule has 5 rings (SSSR count). The summed E-state index contributed by atoms with van der Waals surface area (Å²) in [7, 11) is 1.27. The molecule has 2 aliphatic heterocycles. The van der Waals surface area contributed by atoms with Crippen molar-refractivity contribution in [3.05, 3.63) is 118 Å². The van der Waals surface area contributed by atoms with E-state index in [0.717, 1.165) is 22.9 Å². The molecule has 2 aliphatic rings. The van der Waals surface area contributed by atoms with E-state index in [2.05, 4.69) is 10.6 Å². The molecule has 1 saturated heterocycles. The number of carbonyl (C=O) groups excluding carboxylic acids is 5. The first kappa shape index (κ1) is 35.6. The second kappa shape index (κ2) is 15.6. The highest BCUT2D eigenvalue weighted by molar-refractivity contribution is 8.06. The van der Waals surface area contributed by atoms with Crippen molar-refractivity contribution in [2.45, 2.75) is 49.9 Å². The second-order valence-electron chi connectivity index (χ2n) is 12.1. The Balaban J connectivity index is 1.40. The lowest BCUT2D eigenvalue weighted by Crippen LogP contribution is -2.71.